The van der Waals surface area contributed by atoms with E-state index in [9.17, 15) is 0 Å². The van der Waals surface area contributed by atoms with Crippen LogP contribution in [0.2, 0.25) is 0 Å². The summed E-state index contributed by atoms with van der Waals surface area (Å²) >= 11 is 0. The van der Waals surface area contributed by atoms with Crippen LogP contribution in [0.25, 0.3) is 27.8 Å². The zero-order chi connectivity index (χ0) is 21.6. The zero-order valence-corrected chi connectivity index (χ0v) is 18.3. The van der Waals surface area contributed by atoms with Gasteiger partial charge in [-0.2, -0.15) is 10.2 Å². The number of anilines is 1. The van der Waals surface area contributed by atoms with E-state index in [-0.39, 0.29) is 11.1 Å². The minimum atomic E-state index is 0.0794. The van der Waals surface area contributed by atoms with E-state index in [4.69, 9.17) is 0 Å². The first-order chi connectivity index (χ1) is 14.8. The molecule has 1 saturated heterocycles. The van der Waals surface area contributed by atoms with Gasteiger partial charge in [0.2, 0.25) is 0 Å². The predicted octanol–water partition coefficient (Wildman–Crippen LogP) is 3.93. The second-order valence-electron chi connectivity index (χ2n) is 9.69. The normalized spacial score (nSPS) is 18.3. The molecule has 1 aliphatic rings. The molecular formula is C23H28N8. The number of hydrogen-bond donors (Lipinski definition) is 3. The van der Waals surface area contributed by atoms with Crippen molar-refractivity contribution in [2.75, 3.05) is 5.32 Å². The molecule has 1 aliphatic heterocycles. The average molecular weight is 417 g/mol. The molecule has 160 valence electrons. The molecule has 0 atom stereocenters. The van der Waals surface area contributed by atoms with Gasteiger partial charge in [-0.1, -0.05) is 0 Å². The maximum absolute atomic E-state index is 4.52. The average Bonchev–Trinajstić information content (AvgIpc) is 3.38. The molecule has 0 unspecified atom stereocenters. The van der Waals surface area contributed by atoms with Gasteiger partial charge < -0.3 is 10.6 Å². The fourth-order valence-electron chi connectivity index (χ4n) is 5.03. The number of aromatic amines is 1. The highest BCUT2D eigenvalue weighted by atomic mass is 15.3. The monoisotopic (exact) mass is 416 g/mol. The number of H-pyrrole nitrogens is 1. The number of nitrogens with one attached hydrogen (secondary N) is 3. The molecule has 8 heteroatoms. The standard InChI is InChI=1S/C23H28N8/c1-22(2)12-15(13-23(3,4)30-22)26-20-9-7-18(27-28-20)16-6-8-19(31-11-5-10-25-31)21-17(16)14-24-29-21/h5-11,14-15,30H,12-13H2,1-4H3,(H,24,29)(H,26,28). The summed E-state index contributed by atoms with van der Waals surface area (Å²) in [7, 11) is 0. The van der Waals surface area contributed by atoms with Gasteiger partial charge in [0.05, 0.1) is 23.1 Å². The second kappa shape index (κ2) is 7.16. The molecule has 0 amide bonds. The molecule has 3 N–H and O–H groups in total. The highest BCUT2D eigenvalue weighted by molar-refractivity contribution is 5.97. The number of hydrogen-bond acceptors (Lipinski definition) is 6. The van der Waals surface area contributed by atoms with Crippen LogP contribution in [-0.2, 0) is 0 Å². The van der Waals surface area contributed by atoms with Crippen molar-refractivity contribution in [1.29, 1.82) is 0 Å². The fraction of sp³-hybridized carbons (Fsp3) is 0.391. The summed E-state index contributed by atoms with van der Waals surface area (Å²) < 4.78 is 1.82. The molecule has 0 aliphatic carbocycles. The van der Waals surface area contributed by atoms with Gasteiger partial charge in [-0.3, -0.25) is 5.10 Å². The van der Waals surface area contributed by atoms with Crippen LogP contribution in [0.15, 0.2) is 48.9 Å². The van der Waals surface area contributed by atoms with Crippen LogP contribution in [0.5, 0.6) is 0 Å². The summed E-state index contributed by atoms with van der Waals surface area (Å²) in [5, 5.41) is 29.0. The Balaban J connectivity index is 1.40. The van der Waals surface area contributed by atoms with Gasteiger partial charge in [0.25, 0.3) is 0 Å². The molecular weight excluding hydrogens is 388 g/mol. The summed E-state index contributed by atoms with van der Waals surface area (Å²) in [6.45, 7) is 9.00. The summed E-state index contributed by atoms with van der Waals surface area (Å²) in [5.74, 6) is 0.804. The first-order valence-electron chi connectivity index (χ1n) is 10.7. The van der Waals surface area contributed by atoms with Gasteiger partial charge in [0, 0.05) is 40.5 Å². The first kappa shape index (κ1) is 19.7. The molecule has 5 rings (SSSR count). The number of rotatable bonds is 4. The second-order valence-corrected chi connectivity index (χ2v) is 9.69. The highest BCUT2D eigenvalue weighted by Crippen LogP contribution is 2.32. The lowest BCUT2D eigenvalue weighted by atomic mass is 9.79. The van der Waals surface area contributed by atoms with E-state index in [1.165, 1.54) is 0 Å². The van der Waals surface area contributed by atoms with Crippen molar-refractivity contribution in [3.8, 4) is 16.9 Å². The molecule has 8 nitrogen and oxygen atoms in total. The van der Waals surface area contributed by atoms with Crippen molar-refractivity contribution < 1.29 is 0 Å². The number of fused-ring (bicyclic) bond motifs is 1. The molecule has 31 heavy (non-hydrogen) atoms. The summed E-state index contributed by atoms with van der Waals surface area (Å²) in [6.07, 6.45) is 7.57. The minimum Gasteiger partial charge on any atom is -0.366 e. The Labute approximate surface area is 181 Å². The van der Waals surface area contributed by atoms with Crippen LogP contribution >= 0.6 is 0 Å². The Kier molecular flexibility index (Phi) is 4.55. The van der Waals surface area contributed by atoms with Crippen molar-refractivity contribution >= 4 is 16.7 Å². The number of piperidine rings is 1. The van der Waals surface area contributed by atoms with Gasteiger partial charge >= 0.3 is 0 Å². The van der Waals surface area contributed by atoms with Crippen LogP contribution in [0.4, 0.5) is 5.82 Å². The molecule has 0 saturated carbocycles. The van der Waals surface area contributed by atoms with Crippen molar-refractivity contribution in [2.45, 2.75) is 57.7 Å². The Hall–Kier alpha value is -3.26. The number of nitrogens with zero attached hydrogens (tertiary/aromatic N) is 5. The summed E-state index contributed by atoms with van der Waals surface area (Å²) in [4.78, 5) is 0. The molecule has 0 radical (unpaired) electrons. The van der Waals surface area contributed by atoms with Gasteiger partial charge in [-0.05, 0) is 70.9 Å². The smallest absolute Gasteiger partial charge is 0.148 e. The third-order valence-electron chi connectivity index (χ3n) is 5.83. The Bertz CT molecular complexity index is 1170. The van der Waals surface area contributed by atoms with E-state index in [0.29, 0.717) is 6.04 Å². The molecule has 1 aromatic carbocycles. The van der Waals surface area contributed by atoms with E-state index < -0.39 is 0 Å². The van der Waals surface area contributed by atoms with E-state index in [0.717, 1.165) is 46.5 Å². The molecule has 4 heterocycles. The third kappa shape index (κ3) is 3.90. The molecule has 0 spiro atoms. The minimum absolute atomic E-state index is 0.0794. The molecule has 1 fully saturated rings. The van der Waals surface area contributed by atoms with E-state index in [2.05, 4.69) is 63.8 Å². The Morgan fingerprint density at radius 2 is 1.84 bits per heavy atom. The maximum Gasteiger partial charge on any atom is 0.148 e. The maximum atomic E-state index is 4.52. The lowest BCUT2D eigenvalue weighted by Gasteiger charge is -2.46. The Morgan fingerprint density at radius 1 is 1.03 bits per heavy atom. The van der Waals surface area contributed by atoms with Gasteiger partial charge in [0.15, 0.2) is 0 Å². The van der Waals surface area contributed by atoms with Crippen molar-refractivity contribution in [3.05, 3.63) is 48.9 Å². The molecule has 3 aromatic heterocycles. The van der Waals surface area contributed by atoms with Crippen molar-refractivity contribution in [1.82, 2.24) is 35.5 Å². The van der Waals surface area contributed by atoms with Gasteiger partial charge in [-0.25, -0.2) is 4.68 Å². The van der Waals surface area contributed by atoms with E-state index in [1.807, 2.05) is 47.4 Å². The highest BCUT2D eigenvalue weighted by Gasteiger charge is 2.37. The van der Waals surface area contributed by atoms with Crippen LogP contribution < -0.4 is 10.6 Å². The van der Waals surface area contributed by atoms with Crippen LogP contribution in [0.1, 0.15) is 40.5 Å². The SMILES string of the molecule is CC1(C)CC(Nc2ccc(-c3ccc(-n4cccn4)c4[nH]ncc34)nn2)CC(C)(C)N1. The van der Waals surface area contributed by atoms with E-state index >= 15 is 0 Å². The van der Waals surface area contributed by atoms with Gasteiger partial charge in [0.1, 0.15) is 5.82 Å². The molecule has 0 bridgehead atoms. The Morgan fingerprint density at radius 3 is 2.52 bits per heavy atom. The fourth-order valence-corrected chi connectivity index (χ4v) is 5.03. The summed E-state index contributed by atoms with van der Waals surface area (Å²) in [6, 6.07) is 10.3. The van der Waals surface area contributed by atoms with Gasteiger partial charge in [-0.15, -0.1) is 10.2 Å². The lowest BCUT2D eigenvalue weighted by Crippen LogP contribution is -2.60. The quantitative estimate of drug-likeness (QED) is 0.466. The first-order valence-corrected chi connectivity index (χ1v) is 10.7. The van der Waals surface area contributed by atoms with Crippen LogP contribution in [0.3, 0.4) is 0 Å². The lowest BCUT2D eigenvalue weighted by molar-refractivity contribution is 0.170. The number of aromatic nitrogens is 6. The summed E-state index contributed by atoms with van der Waals surface area (Å²) in [5.41, 5.74) is 3.83. The topological polar surface area (TPSA) is 96.3 Å². The van der Waals surface area contributed by atoms with Crippen molar-refractivity contribution in [3.63, 3.8) is 0 Å². The van der Waals surface area contributed by atoms with Crippen molar-refractivity contribution in [2.24, 2.45) is 0 Å². The zero-order valence-electron chi connectivity index (χ0n) is 18.3. The van der Waals surface area contributed by atoms with Crippen LogP contribution in [0, 0.1) is 0 Å². The number of benzene rings is 1. The largest absolute Gasteiger partial charge is 0.366 e. The van der Waals surface area contributed by atoms with Crippen LogP contribution in [-0.4, -0.2) is 47.3 Å². The van der Waals surface area contributed by atoms with E-state index in [1.54, 1.807) is 6.20 Å². The third-order valence-corrected chi connectivity index (χ3v) is 5.83. The predicted molar refractivity (Wildman–Crippen MR) is 122 cm³/mol. The molecule has 4 aromatic rings.